The average Bonchev–Trinajstić information content (AvgIpc) is 2.08. The standard InChI is InChI=1S/C10H12BrN/c1-7-3-4-9(11)5-10(7)8(2)6-12/h3-5H,2,6,12H2,1H3. The van der Waals surface area contributed by atoms with E-state index in [2.05, 4.69) is 35.5 Å². The fourth-order valence-corrected chi connectivity index (χ4v) is 1.45. The molecule has 0 aliphatic rings. The molecule has 2 N–H and O–H groups in total. The Morgan fingerprint density at radius 3 is 2.83 bits per heavy atom. The van der Waals surface area contributed by atoms with E-state index in [1.54, 1.807) is 0 Å². The van der Waals surface area contributed by atoms with Crippen LogP contribution in [0.1, 0.15) is 11.1 Å². The Kier molecular flexibility index (Phi) is 3.06. The molecule has 0 aliphatic heterocycles. The lowest BCUT2D eigenvalue weighted by atomic mass is 10.0. The van der Waals surface area contributed by atoms with Crippen LogP contribution in [0.4, 0.5) is 0 Å². The molecule has 0 radical (unpaired) electrons. The number of rotatable bonds is 2. The third-order valence-electron chi connectivity index (χ3n) is 1.83. The molecule has 0 aliphatic carbocycles. The first kappa shape index (κ1) is 9.49. The molecule has 0 unspecified atom stereocenters. The van der Waals surface area contributed by atoms with Crippen molar-refractivity contribution in [1.29, 1.82) is 0 Å². The van der Waals surface area contributed by atoms with E-state index in [1.807, 2.05) is 12.1 Å². The quantitative estimate of drug-likeness (QED) is 0.824. The van der Waals surface area contributed by atoms with E-state index in [1.165, 1.54) is 5.56 Å². The number of benzene rings is 1. The summed E-state index contributed by atoms with van der Waals surface area (Å²) in [6, 6.07) is 6.12. The molecule has 1 aromatic rings. The van der Waals surface area contributed by atoms with E-state index < -0.39 is 0 Å². The van der Waals surface area contributed by atoms with Crippen molar-refractivity contribution < 1.29 is 0 Å². The third kappa shape index (κ3) is 1.96. The zero-order valence-corrected chi connectivity index (χ0v) is 8.69. The Morgan fingerprint density at radius 2 is 2.25 bits per heavy atom. The van der Waals surface area contributed by atoms with Crippen molar-refractivity contribution in [1.82, 2.24) is 0 Å². The summed E-state index contributed by atoms with van der Waals surface area (Å²) in [7, 11) is 0. The summed E-state index contributed by atoms with van der Waals surface area (Å²) < 4.78 is 1.07. The highest BCUT2D eigenvalue weighted by Crippen LogP contribution is 2.21. The Labute approximate surface area is 81.4 Å². The molecule has 0 aromatic heterocycles. The van der Waals surface area contributed by atoms with E-state index >= 15 is 0 Å². The van der Waals surface area contributed by atoms with Gasteiger partial charge in [0.05, 0.1) is 0 Å². The van der Waals surface area contributed by atoms with Crippen molar-refractivity contribution in [3.05, 3.63) is 40.4 Å². The average molecular weight is 226 g/mol. The number of aryl methyl sites for hydroxylation is 1. The van der Waals surface area contributed by atoms with Gasteiger partial charge in [0.1, 0.15) is 0 Å². The highest BCUT2D eigenvalue weighted by Gasteiger charge is 2.01. The highest BCUT2D eigenvalue weighted by atomic mass is 79.9. The number of halogens is 1. The molecule has 0 bridgehead atoms. The van der Waals surface area contributed by atoms with Gasteiger partial charge >= 0.3 is 0 Å². The predicted octanol–water partition coefficient (Wildman–Crippen LogP) is 2.73. The second kappa shape index (κ2) is 3.87. The van der Waals surface area contributed by atoms with Crippen LogP contribution >= 0.6 is 15.9 Å². The largest absolute Gasteiger partial charge is 0.326 e. The summed E-state index contributed by atoms with van der Waals surface area (Å²) in [4.78, 5) is 0. The van der Waals surface area contributed by atoms with Crippen LogP contribution in [0, 0.1) is 6.92 Å². The minimum Gasteiger partial charge on any atom is -0.326 e. The predicted molar refractivity (Wildman–Crippen MR) is 57.0 cm³/mol. The zero-order chi connectivity index (χ0) is 9.14. The molecule has 12 heavy (non-hydrogen) atoms. The molecular weight excluding hydrogens is 214 g/mol. The molecule has 64 valence electrons. The lowest BCUT2D eigenvalue weighted by Gasteiger charge is -2.07. The van der Waals surface area contributed by atoms with Crippen molar-refractivity contribution >= 4 is 21.5 Å². The van der Waals surface area contributed by atoms with Gasteiger partial charge in [0.15, 0.2) is 0 Å². The SMILES string of the molecule is C=C(CN)c1cc(Br)ccc1C. The highest BCUT2D eigenvalue weighted by molar-refractivity contribution is 9.10. The van der Waals surface area contributed by atoms with Gasteiger partial charge in [-0.2, -0.15) is 0 Å². The van der Waals surface area contributed by atoms with Gasteiger partial charge in [-0.25, -0.2) is 0 Å². The van der Waals surface area contributed by atoms with Crippen LogP contribution in [0.3, 0.4) is 0 Å². The molecule has 1 nitrogen and oxygen atoms in total. The van der Waals surface area contributed by atoms with E-state index in [-0.39, 0.29) is 0 Å². The molecule has 0 saturated carbocycles. The van der Waals surface area contributed by atoms with Crippen molar-refractivity contribution in [3.8, 4) is 0 Å². The van der Waals surface area contributed by atoms with Crippen LogP contribution in [-0.2, 0) is 0 Å². The lowest BCUT2D eigenvalue weighted by Crippen LogP contribution is -2.02. The van der Waals surface area contributed by atoms with Crippen LogP contribution in [-0.4, -0.2) is 6.54 Å². The van der Waals surface area contributed by atoms with Crippen LogP contribution in [0.15, 0.2) is 29.3 Å². The fourth-order valence-electron chi connectivity index (χ4n) is 1.09. The molecule has 0 heterocycles. The van der Waals surface area contributed by atoms with Gasteiger partial charge in [0, 0.05) is 11.0 Å². The van der Waals surface area contributed by atoms with Crippen LogP contribution in [0.2, 0.25) is 0 Å². The van der Waals surface area contributed by atoms with Crippen LogP contribution < -0.4 is 5.73 Å². The van der Waals surface area contributed by atoms with Crippen molar-refractivity contribution in [2.45, 2.75) is 6.92 Å². The maximum atomic E-state index is 5.51. The normalized spacial score (nSPS) is 9.92. The maximum absolute atomic E-state index is 5.51. The molecule has 0 spiro atoms. The molecule has 1 rings (SSSR count). The first-order valence-electron chi connectivity index (χ1n) is 3.79. The molecular formula is C10H12BrN. The van der Waals surface area contributed by atoms with Gasteiger partial charge in [-0.15, -0.1) is 0 Å². The third-order valence-corrected chi connectivity index (χ3v) is 2.32. The summed E-state index contributed by atoms with van der Waals surface area (Å²) in [6.07, 6.45) is 0. The summed E-state index contributed by atoms with van der Waals surface area (Å²) in [5.74, 6) is 0. The van der Waals surface area contributed by atoms with E-state index in [0.29, 0.717) is 6.54 Å². The molecule has 0 amide bonds. The minimum atomic E-state index is 0.511. The molecule has 0 saturated heterocycles. The van der Waals surface area contributed by atoms with Gasteiger partial charge in [-0.1, -0.05) is 28.6 Å². The Hall–Kier alpha value is -0.600. The number of nitrogens with two attached hydrogens (primary N) is 1. The summed E-state index contributed by atoms with van der Waals surface area (Å²) in [5, 5.41) is 0. The second-order valence-corrected chi connectivity index (χ2v) is 3.68. The monoisotopic (exact) mass is 225 g/mol. The Bertz CT molecular complexity index is 305. The minimum absolute atomic E-state index is 0.511. The second-order valence-electron chi connectivity index (χ2n) is 2.77. The maximum Gasteiger partial charge on any atom is 0.0181 e. The van der Waals surface area contributed by atoms with Crippen molar-refractivity contribution in [2.24, 2.45) is 5.73 Å². The molecule has 0 fully saturated rings. The van der Waals surface area contributed by atoms with E-state index in [4.69, 9.17) is 5.73 Å². The van der Waals surface area contributed by atoms with Crippen LogP contribution in [0.25, 0.3) is 5.57 Å². The molecule has 0 atom stereocenters. The van der Waals surface area contributed by atoms with Gasteiger partial charge < -0.3 is 5.73 Å². The van der Waals surface area contributed by atoms with E-state index in [0.717, 1.165) is 15.6 Å². The molecule has 2 heteroatoms. The van der Waals surface area contributed by atoms with Crippen LogP contribution in [0.5, 0.6) is 0 Å². The lowest BCUT2D eigenvalue weighted by molar-refractivity contribution is 1.25. The Morgan fingerprint density at radius 1 is 1.58 bits per heavy atom. The van der Waals surface area contributed by atoms with Gasteiger partial charge in [0.25, 0.3) is 0 Å². The number of hydrogen-bond donors (Lipinski definition) is 1. The smallest absolute Gasteiger partial charge is 0.0181 e. The first-order chi connectivity index (χ1) is 5.65. The van der Waals surface area contributed by atoms with E-state index in [9.17, 15) is 0 Å². The first-order valence-corrected chi connectivity index (χ1v) is 4.59. The topological polar surface area (TPSA) is 26.0 Å². The summed E-state index contributed by atoms with van der Waals surface area (Å²) in [6.45, 7) is 6.47. The van der Waals surface area contributed by atoms with Gasteiger partial charge in [-0.3, -0.25) is 0 Å². The summed E-state index contributed by atoms with van der Waals surface area (Å²) >= 11 is 3.41. The summed E-state index contributed by atoms with van der Waals surface area (Å²) in [5.41, 5.74) is 8.85. The number of hydrogen-bond acceptors (Lipinski definition) is 1. The van der Waals surface area contributed by atoms with Gasteiger partial charge in [-0.05, 0) is 35.8 Å². The molecule has 1 aromatic carbocycles. The Balaban J connectivity index is 3.13. The zero-order valence-electron chi connectivity index (χ0n) is 7.10. The van der Waals surface area contributed by atoms with Crippen molar-refractivity contribution in [2.75, 3.05) is 6.54 Å². The van der Waals surface area contributed by atoms with Gasteiger partial charge in [0.2, 0.25) is 0 Å². The fraction of sp³-hybridized carbons (Fsp3) is 0.200. The van der Waals surface area contributed by atoms with Crippen molar-refractivity contribution in [3.63, 3.8) is 0 Å².